The molecule has 0 aromatic heterocycles. The van der Waals surface area contributed by atoms with Crippen LogP contribution in [0.1, 0.15) is 12.0 Å². The Balaban J connectivity index is 2.22. The average molecular weight is 272 g/mol. The third-order valence-electron chi connectivity index (χ3n) is 2.79. The van der Waals surface area contributed by atoms with E-state index >= 15 is 0 Å². The maximum atomic E-state index is 13.6. The van der Waals surface area contributed by atoms with Gasteiger partial charge in [-0.1, -0.05) is 0 Å². The highest BCUT2D eigenvalue weighted by Gasteiger charge is 2.28. The van der Waals surface area contributed by atoms with Crippen LogP contribution in [0.4, 0.5) is 14.5 Å². The Hall–Kier alpha value is -1.68. The van der Waals surface area contributed by atoms with E-state index in [0.717, 1.165) is 6.07 Å². The molecule has 4 nitrogen and oxygen atoms in total. The normalized spacial score (nSPS) is 21.5. The maximum absolute atomic E-state index is 13.6. The molecule has 1 heterocycles. The van der Waals surface area contributed by atoms with Crippen molar-refractivity contribution < 1.29 is 17.2 Å². The number of rotatable bonds is 2. The molecule has 1 aromatic rings. The average Bonchev–Trinajstić information content (AvgIpc) is 2.65. The minimum atomic E-state index is -3.08. The number of benzene rings is 1. The molecule has 1 N–H and O–H groups in total. The zero-order valence-corrected chi connectivity index (χ0v) is 10.1. The molecule has 0 saturated carbocycles. The number of nitrogens with one attached hydrogen (secondary N) is 1. The van der Waals surface area contributed by atoms with Gasteiger partial charge in [0.05, 0.1) is 22.8 Å². The quantitative estimate of drug-likeness (QED) is 0.884. The Bertz CT molecular complexity index is 623. The first-order valence-corrected chi connectivity index (χ1v) is 7.10. The highest BCUT2D eigenvalue weighted by atomic mass is 32.2. The van der Waals surface area contributed by atoms with Gasteiger partial charge in [-0.3, -0.25) is 0 Å². The first-order valence-electron chi connectivity index (χ1n) is 5.28. The molecule has 1 aliphatic rings. The zero-order valence-electron chi connectivity index (χ0n) is 9.28. The molecule has 1 aliphatic heterocycles. The Morgan fingerprint density at radius 2 is 2.06 bits per heavy atom. The number of halogens is 2. The van der Waals surface area contributed by atoms with Crippen LogP contribution in [0.25, 0.3) is 0 Å². The summed E-state index contributed by atoms with van der Waals surface area (Å²) in [6, 6.07) is 3.51. The number of anilines is 1. The second-order valence-corrected chi connectivity index (χ2v) is 6.37. The van der Waals surface area contributed by atoms with Gasteiger partial charge in [0.2, 0.25) is 0 Å². The summed E-state index contributed by atoms with van der Waals surface area (Å²) < 4.78 is 49.4. The lowest BCUT2D eigenvalue weighted by atomic mass is 10.1. The standard InChI is InChI=1S/C11H10F2N2O2S/c12-10-7(5-14)1-2-9(11(10)13)15-8-3-4-18(16,17)6-8/h1-2,8,15H,3-4,6H2. The highest BCUT2D eigenvalue weighted by molar-refractivity contribution is 7.91. The van der Waals surface area contributed by atoms with E-state index in [1.807, 2.05) is 0 Å². The third-order valence-corrected chi connectivity index (χ3v) is 4.56. The van der Waals surface area contributed by atoms with Crippen LogP contribution in [0.15, 0.2) is 12.1 Å². The molecule has 0 bridgehead atoms. The first-order chi connectivity index (χ1) is 8.43. The minimum absolute atomic E-state index is 0.0467. The van der Waals surface area contributed by atoms with Gasteiger partial charge in [-0.2, -0.15) is 5.26 Å². The molecule has 2 rings (SSSR count). The van der Waals surface area contributed by atoms with Crippen molar-refractivity contribution in [2.75, 3.05) is 16.8 Å². The van der Waals surface area contributed by atoms with Crippen molar-refractivity contribution in [3.05, 3.63) is 29.3 Å². The summed E-state index contributed by atoms with van der Waals surface area (Å²) in [6.45, 7) is 0. The van der Waals surface area contributed by atoms with E-state index in [1.54, 1.807) is 0 Å². The lowest BCUT2D eigenvalue weighted by Crippen LogP contribution is -2.21. The predicted octanol–water partition coefficient (Wildman–Crippen LogP) is 1.44. The molecule has 0 radical (unpaired) electrons. The fourth-order valence-electron chi connectivity index (χ4n) is 1.88. The van der Waals surface area contributed by atoms with E-state index in [1.165, 1.54) is 12.1 Å². The van der Waals surface area contributed by atoms with E-state index in [4.69, 9.17) is 5.26 Å². The lowest BCUT2D eigenvalue weighted by Gasteiger charge is -2.13. The number of sulfone groups is 1. The predicted molar refractivity (Wildman–Crippen MR) is 61.8 cm³/mol. The van der Waals surface area contributed by atoms with Crippen molar-refractivity contribution in [2.24, 2.45) is 0 Å². The fourth-order valence-corrected chi connectivity index (χ4v) is 3.55. The van der Waals surface area contributed by atoms with Crippen LogP contribution in [0, 0.1) is 23.0 Å². The fraction of sp³-hybridized carbons (Fsp3) is 0.364. The Labute approximate surface area is 103 Å². The molecular weight excluding hydrogens is 262 g/mol. The van der Waals surface area contributed by atoms with Gasteiger partial charge in [0.15, 0.2) is 21.5 Å². The summed E-state index contributed by atoms with van der Waals surface area (Å²) in [5.74, 6) is -2.42. The monoisotopic (exact) mass is 272 g/mol. The van der Waals surface area contributed by atoms with Gasteiger partial charge in [0.25, 0.3) is 0 Å². The number of hydrogen-bond donors (Lipinski definition) is 1. The van der Waals surface area contributed by atoms with E-state index in [9.17, 15) is 17.2 Å². The summed E-state index contributed by atoms with van der Waals surface area (Å²) in [5, 5.41) is 11.2. The summed E-state index contributed by atoms with van der Waals surface area (Å²) in [4.78, 5) is 0. The molecule has 0 aliphatic carbocycles. The summed E-state index contributed by atoms with van der Waals surface area (Å²) >= 11 is 0. The van der Waals surface area contributed by atoms with Crippen molar-refractivity contribution in [2.45, 2.75) is 12.5 Å². The molecule has 1 atom stereocenters. The van der Waals surface area contributed by atoms with Gasteiger partial charge in [-0.15, -0.1) is 0 Å². The van der Waals surface area contributed by atoms with Gasteiger partial charge >= 0.3 is 0 Å². The second-order valence-electron chi connectivity index (χ2n) is 4.14. The van der Waals surface area contributed by atoms with Crippen LogP contribution in [0.5, 0.6) is 0 Å². The van der Waals surface area contributed by atoms with Crippen molar-refractivity contribution in [3.63, 3.8) is 0 Å². The molecule has 1 aromatic carbocycles. The van der Waals surface area contributed by atoms with Crippen molar-refractivity contribution in [3.8, 4) is 6.07 Å². The van der Waals surface area contributed by atoms with Crippen molar-refractivity contribution in [1.82, 2.24) is 0 Å². The summed E-state index contributed by atoms with van der Waals surface area (Å²) in [5.41, 5.74) is -0.495. The molecule has 1 unspecified atom stereocenters. The van der Waals surface area contributed by atoms with E-state index < -0.39 is 27.5 Å². The van der Waals surface area contributed by atoms with Crippen molar-refractivity contribution >= 4 is 15.5 Å². The lowest BCUT2D eigenvalue weighted by molar-refractivity contribution is 0.507. The molecule has 7 heteroatoms. The van der Waals surface area contributed by atoms with Gasteiger partial charge in [-0.05, 0) is 18.6 Å². The van der Waals surface area contributed by atoms with Crippen LogP contribution in [0.2, 0.25) is 0 Å². The SMILES string of the molecule is N#Cc1ccc(NC2CCS(=O)(=O)C2)c(F)c1F. The topological polar surface area (TPSA) is 70.0 Å². The number of nitrogens with zero attached hydrogens (tertiary/aromatic N) is 1. The second kappa shape index (κ2) is 4.53. The molecule has 1 saturated heterocycles. The van der Waals surface area contributed by atoms with Gasteiger partial charge < -0.3 is 5.32 Å². The van der Waals surface area contributed by atoms with Gasteiger partial charge in [0.1, 0.15) is 6.07 Å². The zero-order chi connectivity index (χ0) is 13.3. The molecule has 0 amide bonds. The highest BCUT2D eigenvalue weighted by Crippen LogP contribution is 2.23. The van der Waals surface area contributed by atoms with Crippen LogP contribution in [-0.2, 0) is 9.84 Å². The van der Waals surface area contributed by atoms with E-state index in [0.29, 0.717) is 6.42 Å². The molecule has 96 valence electrons. The summed E-state index contributed by atoms with van der Waals surface area (Å²) in [6.07, 6.45) is 0.364. The smallest absolute Gasteiger partial charge is 0.183 e. The molecular formula is C11H10F2N2O2S. The number of hydrogen-bond acceptors (Lipinski definition) is 4. The molecule has 1 fully saturated rings. The van der Waals surface area contributed by atoms with Crippen LogP contribution in [-0.4, -0.2) is 26.0 Å². The van der Waals surface area contributed by atoms with E-state index in [-0.39, 0.29) is 22.8 Å². The van der Waals surface area contributed by atoms with Crippen LogP contribution < -0.4 is 5.32 Å². The molecule has 0 spiro atoms. The van der Waals surface area contributed by atoms with Gasteiger partial charge in [0, 0.05) is 6.04 Å². The third kappa shape index (κ3) is 2.43. The van der Waals surface area contributed by atoms with Crippen LogP contribution in [0.3, 0.4) is 0 Å². The Kier molecular flexibility index (Phi) is 3.22. The minimum Gasteiger partial charge on any atom is -0.379 e. The van der Waals surface area contributed by atoms with Crippen molar-refractivity contribution in [1.29, 1.82) is 5.26 Å². The number of nitriles is 1. The summed E-state index contributed by atoms with van der Waals surface area (Å²) in [7, 11) is -3.08. The first kappa shape index (κ1) is 12.8. The van der Waals surface area contributed by atoms with Gasteiger partial charge in [-0.25, -0.2) is 17.2 Å². The Morgan fingerprint density at radius 1 is 1.33 bits per heavy atom. The van der Waals surface area contributed by atoms with Crippen LogP contribution >= 0.6 is 0 Å². The van der Waals surface area contributed by atoms with E-state index in [2.05, 4.69) is 5.32 Å². The molecule has 18 heavy (non-hydrogen) atoms. The Morgan fingerprint density at radius 3 is 2.61 bits per heavy atom. The largest absolute Gasteiger partial charge is 0.379 e. The maximum Gasteiger partial charge on any atom is 0.183 e.